The molecule has 18 heavy (non-hydrogen) atoms. The predicted octanol–water partition coefficient (Wildman–Crippen LogP) is 2.90. The Balaban J connectivity index is 2.40. The van der Waals surface area contributed by atoms with Gasteiger partial charge in [-0.1, -0.05) is 17.8 Å². The Bertz CT molecular complexity index is 598. The maximum atomic E-state index is 11.1. The van der Waals surface area contributed by atoms with Gasteiger partial charge in [-0.2, -0.15) is 0 Å². The van der Waals surface area contributed by atoms with Crippen LogP contribution in [0.25, 0.3) is 0 Å². The van der Waals surface area contributed by atoms with Crippen LogP contribution < -0.4 is 0 Å². The zero-order valence-electron chi connectivity index (χ0n) is 8.77. The molecule has 0 aliphatic heterocycles. The summed E-state index contributed by atoms with van der Waals surface area (Å²) in [4.78, 5) is 24.8. The SMILES string of the molecule is O=C(O)c1cc([N+](=O)[O-])cnc1Sc1cccs1. The van der Waals surface area contributed by atoms with Gasteiger partial charge < -0.3 is 5.11 Å². The highest BCUT2D eigenvalue weighted by Gasteiger charge is 2.18. The highest BCUT2D eigenvalue weighted by molar-refractivity contribution is 8.01. The summed E-state index contributed by atoms with van der Waals surface area (Å²) in [7, 11) is 0. The molecule has 2 aromatic heterocycles. The fraction of sp³-hybridized carbons (Fsp3) is 0. The molecule has 1 N–H and O–H groups in total. The van der Waals surface area contributed by atoms with Gasteiger partial charge in [-0.25, -0.2) is 9.78 Å². The number of aromatic nitrogens is 1. The van der Waals surface area contributed by atoms with Gasteiger partial charge in [-0.05, 0) is 11.4 Å². The molecule has 2 rings (SSSR count). The van der Waals surface area contributed by atoms with Gasteiger partial charge in [-0.3, -0.25) is 10.1 Å². The Morgan fingerprint density at radius 2 is 2.33 bits per heavy atom. The van der Waals surface area contributed by atoms with Crippen LogP contribution in [0.15, 0.2) is 39.0 Å². The van der Waals surface area contributed by atoms with Crippen molar-refractivity contribution in [3.63, 3.8) is 0 Å². The number of nitrogens with zero attached hydrogens (tertiary/aromatic N) is 2. The number of carboxylic acid groups (broad SMARTS) is 1. The van der Waals surface area contributed by atoms with E-state index in [1.54, 1.807) is 0 Å². The number of thiophene rings is 1. The van der Waals surface area contributed by atoms with Crippen LogP contribution in [0.4, 0.5) is 5.69 Å². The summed E-state index contributed by atoms with van der Waals surface area (Å²) < 4.78 is 0.874. The average Bonchev–Trinajstić information content (AvgIpc) is 2.81. The highest BCUT2D eigenvalue weighted by atomic mass is 32.2. The van der Waals surface area contributed by atoms with E-state index in [2.05, 4.69) is 4.98 Å². The molecule has 0 unspecified atom stereocenters. The molecule has 0 saturated carbocycles. The third-order valence-electron chi connectivity index (χ3n) is 1.97. The number of hydrogen-bond acceptors (Lipinski definition) is 6. The fourth-order valence-electron chi connectivity index (χ4n) is 1.19. The van der Waals surface area contributed by atoms with Gasteiger partial charge in [0.05, 0.1) is 14.7 Å². The van der Waals surface area contributed by atoms with Crippen molar-refractivity contribution in [1.29, 1.82) is 0 Å². The molecule has 6 nitrogen and oxygen atoms in total. The van der Waals surface area contributed by atoms with E-state index in [0.717, 1.165) is 16.5 Å². The number of carbonyl (C=O) groups is 1. The molecular weight excluding hydrogens is 276 g/mol. The largest absolute Gasteiger partial charge is 0.478 e. The van der Waals surface area contributed by atoms with E-state index >= 15 is 0 Å². The predicted molar refractivity (Wildman–Crippen MR) is 66.3 cm³/mol. The monoisotopic (exact) mass is 282 g/mol. The number of pyridine rings is 1. The van der Waals surface area contributed by atoms with Gasteiger partial charge in [0, 0.05) is 6.07 Å². The first-order valence-corrected chi connectivity index (χ1v) is 6.36. The summed E-state index contributed by atoms with van der Waals surface area (Å²) in [5.41, 5.74) is -0.495. The summed E-state index contributed by atoms with van der Waals surface area (Å²) in [6.45, 7) is 0. The molecule has 0 saturated heterocycles. The van der Waals surface area contributed by atoms with Crippen LogP contribution in [0.1, 0.15) is 10.4 Å². The van der Waals surface area contributed by atoms with Crippen molar-refractivity contribution in [2.24, 2.45) is 0 Å². The third-order valence-corrected chi connectivity index (χ3v) is 4.03. The molecule has 0 bridgehead atoms. The Labute approximate surface area is 109 Å². The summed E-state index contributed by atoms with van der Waals surface area (Å²) in [6, 6.07) is 4.67. The van der Waals surface area contributed by atoms with E-state index < -0.39 is 10.9 Å². The average molecular weight is 282 g/mol. The Morgan fingerprint density at radius 3 is 2.89 bits per heavy atom. The molecule has 0 amide bonds. The minimum atomic E-state index is -1.23. The number of carboxylic acids is 1. The lowest BCUT2D eigenvalue weighted by Gasteiger charge is -2.02. The van der Waals surface area contributed by atoms with Crippen molar-refractivity contribution >= 4 is 34.8 Å². The molecule has 0 aromatic carbocycles. The molecule has 2 aromatic rings. The first kappa shape index (κ1) is 12.5. The number of aromatic carboxylic acids is 1. The minimum absolute atomic E-state index is 0.164. The van der Waals surface area contributed by atoms with Crippen LogP contribution in [-0.4, -0.2) is 21.0 Å². The lowest BCUT2D eigenvalue weighted by Crippen LogP contribution is -2.02. The van der Waals surface area contributed by atoms with Crippen LogP contribution >= 0.6 is 23.1 Å². The molecule has 0 atom stereocenters. The molecule has 0 spiro atoms. The van der Waals surface area contributed by atoms with Crippen molar-refractivity contribution in [2.45, 2.75) is 9.24 Å². The Kier molecular flexibility index (Phi) is 3.58. The van der Waals surface area contributed by atoms with Crippen LogP contribution in [0.5, 0.6) is 0 Å². The van der Waals surface area contributed by atoms with Crippen molar-refractivity contribution in [2.75, 3.05) is 0 Å². The zero-order chi connectivity index (χ0) is 13.1. The quantitative estimate of drug-likeness (QED) is 0.684. The summed E-state index contributed by atoms with van der Waals surface area (Å²) in [6.07, 6.45) is 1.06. The smallest absolute Gasteiger partial charge is 0.338 e. The first-order chi connectivity index (χ1) is 8.58. The molecule has 2 heterocycles. The summed E-state index contributed by atoms with van der Waals surface area (Å²) >= 11 is 2.62. The van der Waals surface area contributed by atoms with E-state index in [-0.39, 0.29) is 16.3 Å². The summed E-state index contributed by atoms with van der Waals surface area (Å²) in [5, 5.41) is 21.7. The molecule has 0 radical (unpaired) electrons. The molecule has 0 aliphatic rings. The zero-order valence-corrected chi connectivity index (χ0v) is 10.4. The lowest BCUT2D eigenvalue weighted by atomic mass is 10.3. The van der Waals surface area contributed by atoms with Crippen molar-refractivity contribution in [3.05, 3.63) is 45.5 Å². The second kappa shape index (κ2) is 5.15. The van der Waals surface area contributed by atoms with Gasteiger partial charge >= 0.3 is 5.97 Å². The normalized spacial score (nSPS) is 10.2. The number of rotatable bonds is 4. The Morgan fingerprint density at radius 1 is 1.56 bits per heavy atom. The second-order valence-corrected chi connectivity index (χ2v) is 5.38. The fourth-order valence-corrected chi connectivity index (χ4v) is 2.94. The van der Waals surface area contributed by atoms with Crippen molar-refractivity contribution < 1.29 is 14.8 Å². The molecular formula is C10H6N2O4S2. The molecule has 0 fully saturated rings. The number of hydrogen-bond donors (Lipinski definition) is 1. The van der Waals surface area contributed by atoms with Gasteiger partial charge in [0.25, 0.3) is 5.69 Å². The second-order valence-electron chi connectivity index (χ2n) is 3.14. The molecule has 8 heteroatoms. The van der Waals surface area contributed by atoms with Crippen LogP contribution in [-0.2, 0) is 0 Å². The third kappa shape index (κ3) is 2.66. The Hall–Kier alpha value is -1.93. The van der Waals surface area contributed by atoms with Crippen molar-refractivity contribution in [3.8, 4) is 0 Å². The first-order valence-electron chi connectivity index (χ1n) is 4.67. The van der Waals surface area contributed by atoms with Crippen molar-refractivity contribution in [1.82, 2.24) is 4.98 Å². The maximum absolute atomic E-state index is 11.1. The lowest BCUT2D eigenvalue weighted by molar-refractivity contribution is -0.385. The minimum Gasteiger partial charge on any atom is -0.478 e. The number of nitro groups is 1. The molecule has 92 valence electrons. The van der Waals surface area contributed by atoms with Crippen LogP contribution in [0.2, 0.25) is 0 Å². The van der Waals surface area contributed by atoms with Gasteiger partial charge in [0.1, 0.15) is 11.2 Å². The van der Waals surface area contributed by atoms with E-state index in [4.69, 9.17) is 5.11 Å². The van der Waals surface area contributed by atoms with Crippen LogP contribution in [0.3, 0.4) is 0 Å². The van der Waals surface area contributed by atoms with E-state index in [1.807, 2.05) is 17.5 Å². The summed E-state index contributed by atoms with van der Waals surface area (Å²) in [5.74, 6) is -1.23. The van der Waals surface area contributed by atoms with E-state index in [9.17, 15) is 14.9 Å². The maximum Gasteiger partial charge on any atom is 0.338 e. The van der Waals surface area contributed by atoms with Crippen LogP contribution in [0, 0.1) is 10.1 Å². The standard InChI is InChI=1S/C10H6N2O4S2/c13-10(14)7-4-6(12(15)16)5-11-9(7)18-8-2-1-3-17-8/h1-5H,(H,13,14). The van der Waals surface area contributed by atoms with E-state index in [0.29, 0.717) is 0 Å². The topological polar surface area (TPSA) is 93.3 Å². The van der Waals surface area contributed by atoms with Gasteiger partial charge in [0.2, 0.25) is 0 Å². The van der Waals surface area contributed by atoms with Gasteiger partial charge in [-0.15, -0.1) is 11.3 Å². The van der Waals surface area contributed by atoms with E-state index in [1.165, 1.54) is 23.1 Å². The molecule has 0 aliphatic carbocycles. The van der Waals surface area contributed by atoms with Gasteiger partial charge in [0.15, 0.2) is 0 Å². The highest BCUT2D eigenvalue weighted by Crippen LogP contribution is 2.33.